The van der Waals surface area contributed by atoms with Crippen molar-refractivity contribution in [3.05, 3.63) is 101 Å². The Hall–Kier alpha value is -3.20. The highest BCUT2D eigenvalue weighted by atomic mass is 16.1. The van der Waals surface area contributed by atoms with Gasteiger partial charge in [0, 0.05) is 16.8 Å². The monoisotopic (exact) mass is 342 g/mol. The van der Waals surface area contributed by atoms with E-state index < -0.39 is 0 Å². The Morgan fingerprint density at radius 3 is 1.77 bits per heavy atom. The first kappa shape index (κ1) is 17.6. The first-order chi connectivity index (χ1) is 12.6. The van der Waals surface area contributed by atoms with Crippen LogP contribution in [0, 0.1) is 13.8 Å². The van der Waals surface area contributed by atoms with Crippen LogP contribution in [0.3, 0.4) is 0 Å². The smallest absolute Gasteiger partial charge is 0.246 e. The summed E-state index contributed by atoms with van der Waals surface area (Å²) in [5.74, 6) is -0.119. The summed E-state index contributed by atoms with van der Waals surface area (Å²) >= 11 is 0. The van der Waals surface area contributed by atoms with Crippen molar-refractivity contribution in [1.29, 1.82) is 0 Å². The lowest BCUT2D eigenvalue weighted by Gasteiger charge is -2.11. The van der Waals surface area contributed by atoms with E-state index in [1.807, 2.05) is 92.7 Å². The van der Waals surface area contributed by atoms with E-state index in [9.17, 15) is 4.79 Å². The summed E-state index contributed by atoms with van der Waals surface area (Å²) in [5.41, 5.74) is 5.79. The van der Waals surface area contributed by atoms with E-state index >= 15 is 0 Å². The number of aryl methyl sites for hydroxylation is 2. The van der Waals surface area contributed by atoms with Crippen molar-refractivity contribution in [3.63, 3.8) is 0 Å². The first-order valence-electron chi connectivity index (χ1n) is 8.66. The van der Waals surface area contributed by atoms with Gasteiger partial charge in [0.15, 0.2) is 0 Å². The van der Waals surface area contributed by atoms with Crippen LogP contribution >= 0.6 is 0 Å². The molecule has 3 heteroatoms. The Labute approximate surface area is 154 Å². The fourth-order valence-corrected chi connectivity index (χ4v) is 2.88. The Bertz CT molecular complexity index is 854. The first-order valence-corrected chi connectivity index (χ1v) is 8.66. The number of para-hydroxylation sites is 1. The van der Waals surface area contributed by atoms with Gasteiger partial charge in [0.25, 0.3) is 0 Å². The van der Waals surface area contributed by atoms with E-state index in [4.69, 9.17) is 0 Å². The van der Waals surface area contributed by atoms with Gasteiger partial charge >= 0.3 is 0 Å². The van der Waals surface area contributed by atoms with Gasteiger partial charge in [-0.25, -0.2) is 0 Å². The summed E-state index contributed by atoms with van der Waals surface area (Å²) in [6.07, 6.45) is 0. The molecule has 0 saturated carbocycles. The Kier molecular flexibility index (Phi) is 5.59. The molecule has 0 aliphatic rings. The highest BCUT2D eigenvalue weighted by molar-refractivity contribution is 6.13. The number of nitrogens with zero attached hydrogens (tertiary/aromatic N) is 1. The zero-order chi connectivity index (χ0) is 18.4. The molecule has 1 amide bonds. The number of hydrogen-bond donors (Lipinski definition) is 1. The molecule has 3 rings (SSSR count). The van der Waals surface area contributed by atoms with Crippen LogP contribution < -0.4 is 5.32 Å². The Balaban J connectivity index is 1.84. The molecule has 130 valence electrons. The van der Waals surface area contributed by atoms with E-state index in [0.717, 1.165) is 33.7 Å². The summed E-state index contributed by atoms with van der Waals surface area (Å²) in [6.45, 7) is 4.06. The van der Waals surface area contributed by atoms with Gasteiger partial charge < -0.3 is 5.32 Å². The maximum atomic E-state index is 12.5. The molecule has 0 heterocycles. The average Bonchev–Trinajstić information content (AvgIpc) is 2.67. The van der Waals surface area contributed by atoms with Crippen molar-refractivity contribution < 1.29 is 4.79 Å². The SMILES string of the molecule is Cc1cccc(C)c1NC(=O)CN=C(c1ccccc1)c1ccccc1. The van der Waals surface area contributed by atoms with E-state index in [0.29, 0.717) is 0 Å². The van der Waals surface area contributed by atoms with Crippen LogP contribution in [0.4, 0.5) is 5.69 Å². The van der Waals surface area contributed by atoms with Crippen LogP contribution in [0.5, 0.6) is 0 Å². The third kappa shape index (κ3) is 4.25. The molecule has 0 saturated heterocycles. The summed E-state index contributed by atoms with van der Waals surface area (Å²) in [4.78, 5) is 17.1. The van der Waals surface area contributed by atoms with E-state index in [1.165, 1.54) is 0 Å². The van der Waals surface area contributed by atoms with Crippen LogP contribution in [0.2, 0.25) is 0 Å². The summed E-state index contributed by atoms with van der Waals surface area (Å²) in [7, 11) is 0. The highest BCUT2D eigenvalue weighted by Gasteiger charge is 2.10. The van der Waals surface area contributed by atoms with Crippen LogP contribution in [0.15, 0.2) is 83.9 Å². The number of anilines is 1. The second-order valence-corrected chi connectivity index (χ2v) is 6.21. The summed E-state index contributed by atoms with van der Waals surface area (Å²) in [5, 5.41) is 2.99. The number of carbonyl (C=O) groups is 1. The fraction of sp³-hybridized carbons (Fsp3) is 0.130. The Morgan fingerprint density at radius 2 is 1.27 bits per heavy atom. The van der Waals surface area contributed by atoms with Crippen molar-refractivity contribution in [2.45, 2.75) is 13.8 Å². The quantitative estimate of drug-likeness (QED) is 0.666. The number of rotatable bonds is 5. The minimum atomic E-state index is -0.119. The number of hydrogen-bond acceptors (Lipinski definition) is 2. The van der Waals surface area contributed by atoms with Crippen LogP contribution in [-0.2, 0) is 4.79 Å². The van der Waals surface area contributed by atoms with Crippen molar-refractivity contribution in [3.8, 4) is 0 Å². The van der Waals surface area contributed by atoms with Crippen molar-refractivity contribution in [2.24, 2.45) is 4.99 Å². The normalized spacial score (nSPS) is 10.2. The predicted molar refractivity (Wildman–Crippen MR) is 108 cm³/mol. The molecular formula is C23H22N2O. The van der Waals surface area contributed by atoms with Crippen molar-refractivity contribution >= 4 is 17.3 Å². The number of amides is 1. The minimum Gasteiger partial charge on any atom is -0.324 e. The van der Waals surface area contributed by atoms with Gasteiger partial charge in [-0.2, -0.15) is 0 Å². The maximum absolute atomic E-state index is 12.5. The van der Waals surface area contributed by atoms with Crippen LogP contribution in [0.1, 0.15) is 22.3 Å². The molecule has 0 atom stereocenters. The number of benzene rings is 3. The van der Waals surface area contributed by atoms with Gasteiger partial charge in [-0.1, -0.05) is 78.9 Å². The van der Waals surface area contributed by atoms with E-state index in [-0.39, 0.29) is 12.5 Å². The van der Waals surface area contributed by atoms with Gasteiger partial charge in [0.05, 0.1) is 5.71 Å². The molecule has 3 aromatic rings. The molecule has 3 aromatic carbocycles. The third-order valence-electron chi connectivity index (χ3n) is 4.22. The molecule has 26 heavy (non-hydrogen) atoms. The van der Waals surface area contributed by atoms with Crippen LogP contribution in [0.25, 0.3) is 0 Å². The topological polar surface area (TPSA) is 41.5 Å². The van der Waals surface area contributed by atoms with E-state index in [2.05, 4.69) is 10.3 Å². The summed E-state index contributed by atoms with van der Waals surface area (Å²) in [6, 6.07) is 25.9. The maximum Gasteiger partial charge on any atom is 0.246 e. The van der Waals surface area contributed by atoms with Gasteiger partial charge in [0.2, 0.25) is 5.91 Å². The number of carbonyl (C=O) groups excluding carboxylic acids is 1. The van der Waals surface area contributed by atoms with Crippen molar-refractivity contribution in [2.75, 3.05) is 11.9 Å². The fourth-order valence-electron chi connectivity index (χ4n) is 2.88. The average molecular weight is 342 g/mol. The zero-order valence-electron chi connectivity index (χ0n) is 15.1. The van der Waals surface area contributed by atoms with Gasteiger partial charge in [-0.3, -0.25) is 9.79 Å². The molecular weight excluding hydrogens is 320 g/mol. The largest absolute Gasteiger partial charge is 0.324 e. The molecule has 0 bridgehead atoms. The second kappa shape index (κ2) is 8.26. The lowest BCUT2D eigenvalue weighted by molar-refractivity contribution is -0.114. The second-order valence-electron chi connectivity index (χ2n) is 6.21. The Morgan fingerprint density at radius 1 is 0.769 bits per heavy atom. The van der Waals surface area contributed by atoms with Crippen LogP contribution in [-0.4, -0.2) is 18.2 Å². The zero-order valence-corrected chi connectivity index (χ0v) is 15.1. The third-order valence-corrected chi connectivity index (χ3v) is 4.22. The molecule has 0 spiro atoms. The molecule has 0 aliphatic carbocycles. The molecule has 1 N–H and O–H groups in total. The number of aliphatic imine (C=N–C) groups is 1. The molecule has 0 unspecified atom stereocenters. The van der Waals surface area contributed by atoms with Crippen molar-refractivity contribution in [1.82, 2.24) is 0 Å². The lowest BCUT2D eigenvalue weighted by Crippen LogP contribution is -2.18. The van der Waals surface area contributed by atoms with Gasteiger partial charge in [-0.15, -0.1) is 0 Å². The molecule has 0 aliphatic heterocycles. The lowest BCUT2D eigenvalue weighted by atomic mass is 10.0. The minimum absolute atomic E-state index is 0.0763. The van der Waals surface area contributed by atoms with Gasteiger partial charge in [-0.05, 0) is 25.0 Å². The summed E-state index contributed by atoms with van der Waals surface area (Å²) < 4.78 is 0. The van der Waals surface area contributed by atoms with Gasteiger partial charge in [0.1, 0.15) is 6.54 Å². The molecule has 0 fully saturated rings. The predicted octanol–water partition coefficient (Wildman–Crippen LogP) is 4.78. The number of nitrogens with one attached hydrogen (secondary N) is 1. The standard InChI is InChI=1S/C23H22N2O/c1-17-10-9-11-18(2)22(17)25-21(26)16-24-23(19-12-5-3-6-13-19)20-14-7-4-8-15-20/h3-15H,16H2,1-2H3,(H,25,26). The van der Waals surface area contributed by atoms with E-state index in [1.54, 1.807) is 0 Å². The molecule has 0 aromatic heterocycles. The highest BCUT2D eigenvalue weighted by Crippen LogP contribution is 2.19. The molecule has 0 radical (unpaired) electrons. The molecule has 3 nitrogen and oxygen atoms in total.